The second-order valence-electron chi connectivity index (χ2n) is 7.62. The molecule has 0 aliphatic heterocycles. The summed E-state index contributed by atoms with van der Waals surface area (Å²) < 4.78 is 0. The number of hydrogen-bond donors (Lipinski definition) is 2. The van der Waals surface area contributed by atoms with E-state index < -0.39 is 0 Å². The average molecular weight is 404 g/mol. The SMILES string of the molecule is CCc1ccc(C(CNC(=O)C2CCCCC2(C)N)N(C)C)cc1.Cl.Cl. The fourth-order valence-corrected chi connectivity index (χ4v) is 3.68. The third-order valence-electron chi connectivity index (χ3n) is 5.44. The number of benzene rings is 1. The predicted octanol–water partition coefficient (Wildman–Crippen LogP) is 3.72. The van der Waals surface area contributed by atoms with Crippen LogP contribution >= 0.6 is 24.8 Å². The highest BCUT2D eigenvalue weighted by atomic mass is 35.5. The molecule has 3 N–H and O–H groups in total. The summed E-state index contributed by atoms with van der Waals surface area (Å²) in [4.78, 5) is 14.8. The number of halogens is 2. The van der Waals surface area contributed by atoms with Crippen LogP contribution in [0.25, 0.3) is 0 Å². The molecule has 2 rings (SSSR count). The minimum atomic E-state index is -0.376. The number of rotatable bonds is 6. The molecule has 1 amide bonds. The van der Waals surface area contributed by atoms with Gasteiger partial charge in [0.1, 0.15) is 0 Å². The highest BCUT2D eigenvalue weighted by Gasteiger charge is 2.37. The molecule has 3 unspecified atom stereocenters. The van der Waals surface area contributed by atoms with Gasteiger partial charge in [0.25, 0.3) is 0 Å². The molecule has 1 aliphatic carbocycles. The minimum absolute atomic E-state index is 0. The summed E-state index contributed by atoms with van der Waals surface area (Å²) in [5, 5.41) is 3.16. The van der Waals surface area contributed by atoms with E-state index in [-0.39, 0.29) is 48.2 Å². The molecular weight excluding hydrogens is 369 g/mol. The first kappa shape index (κ1) is 25.2. The fourth-order valence-electron chi connectivity index (χ4n) is 3.68. The zero-order valence-electron chi connectivity index (χ0n) is 16.5. The lowest BCUT2D eigenvalue weighted by Gasteiger charge is -2.37. The number of carbonyl (C=O) groups is 1. The van der Waals surface area contributed by atoms with Crippen LogP contribution in [0.4, 0.5) is 0 Å². The molecule has 0 heterocycles. The molecule has 6 heteroatoms. The van der Waals surface area contributed by atoms with Crippen molar-refractivity contribution in [2.75, 3.05) is 20.6 Å². The maximum absolute atomic E-state index is 12.7. The minimum Gasteiger partial charge on any atom is -0.354 e. The van der Waals surface area contributed by atoms with Crippen molar-refractivity contribution in [1.29, 1.82) is 0 Å². The van der Waals surface area contributed by atoms with Gasteiger partial charge in [0.2, 0.25) is 5.91 Å². The molecule has 1 aromatic rings. The zero-order chi connectivity index (χ0) is 17.7. The molecule has 3 atom stereocenters. The smallest absolute Gasteiger partial charge is 0.225 e. The van der Waals surface area contributed by atoms with Crippen molar-refractivity contribution < 1.29 is 4.79 Å². The fraction of sp³-hybridized carbons (Fsp3) is 0.650. The molecule has 26 heavy (non-hydrogen) atoms. The van der Waals surface area contributed by atoms with Gasteiger partial charge in [-0.25, -0.2) is 0 Å². The van der Waals surface area contributed by atoms with Gasteiger partial charge in [-0.3, -0.25) is 4.79 Å². The Bertz CT molecular complexity index is 546. The van der Waals surface area contributed by atoms with E-state index in [9.17, 15) is 4.79 Å². The predicted molar refractivity (Wildman–Crippen MR) is 114 cm³/mol. The number of carbonyl (C=O) groups excluding carboxylic acids is 1. The monoisotopic (exact) mass is 403 g/mol. The van der Waals surface area contributed by atoms with Gasteiger partial charge >= 0.3 is 0 Å². The Morgan fingerprint density at radius 2 is 1.88 bits per heavy atom. The molecule has 0 spiro atoms. The van der Waals surface area contributed by atoms with Crippen molar-refractivity contribution in [2.45, 2.75) is 57.5 Å². The number of aryl methyl sites for hydroxylation is 1. The molecule has 4 nitrogen and oxygen atoms in total. The van der Waals surface area contributed by atoms with E-state index >= 15 is 0 Å². The number of likely N-dealkylation sites (N-methyl/N-ethyl adjacent to an activating group) is 1. The van der Waals surface area contributed by atoms with Crippen molar-refractivity contribution in [1.82, 2.24) is 10.2 Å². The van der Waals surface area contributed by atoms with E-state index in [2.05, 4.69) is 55.5 Å². The molecular formula is C20H35Cl2N3O. The summed E-state index contributed by atoms with van der Waals surface area (Å²) in [6.07, 6.45) is 5.10. The molecule has 1 fully saturated rings. The van der Waals surface area contributed by atoms with Gasteiger partial charge in [-0.15, -0.1) is 24.8 Å². The van der Waals surface area contributed by atoms with Crippen LogP contribution in [0.15, 0.2) is 24.3 Å². The maximum Gasteiger partial charge on any atom is 0.225 e. The lowest BCUT2D eigenvalue weighted by atomic mass is 9.74. The van der Waals surface area contributed by atoms with Crippen molar-refractivity contribution in [2.24, 2.45) is 11.7 Å². The van der Waals surface area contributed by atoms with Gasteiger partial charge in [0.15, 0.2) is 0 Å². The second kappa shape index (κ2) is 11.1. The quantitative estimate of drug-likeness (QED) is 0.760. The van der Waals surface area contributed by atoms with Crippen LogP contribution in [-0.4, -0.2) is 37.0 Å². The van der Waals surface area contributed by atoms with Gasteiger partial charge in [-0.1, -0.05) is 44.0 Å². The molecule has 150 valence electrons. The third kappa shape index (κ3) is 6.41. The van der Waals surface area contributed by atoms with Crippen LogP contribution < -0.4 is 11.1 Å². The number of hydrogen-bond acceptors (Lipinski definition) is 3. The van der Waals surface area contributed by atoms with E-state index in [1.807, 2.05) is 6.92 Å². The summed E-state index contributed by atoms with van der Waals surface area (Å²) in [5.74, 6) is 0.0354. The number of nitrogens with two attached hydrogens (primary N) is 1. The second-order valence-corrected chi connectivity index (χ2v) is 7.62. The highest BCUT2D eigenvalue weighted by molar-refractivity contribution is 5.85. The number of nitrogens with zero attached hydrogens (tertiary/aromatic N) is 1. The van der Waals surface area contributed by atoms with Gasteiger partial charge in [0.05, 0.1) is 12.0 Å². The molecule has 1 aliphatic rings. The number of nitrogens with one attached hydrogen (secondary N) is 1. The number of amides is 1. The van der Waals surface area contributed by atoms with Crippen LogP contribution in [0.5, 0.6) is 0 Å². The molecule has 1 aromatic carbocycles. The van der Waals surface area contributed by atoms with Crippen molar-refractivity contribution in [3.05, 3.63) is 35.4 Å². The Morgan fingerprint density at radius 3 is 2.38 bits per heavy atom. The van der Waals surface area contributed by atoms with E-state index in [0.717, 1.165) is 32.1 Å². The first-order valence-corrected chi connectivity index (χ1v) is 9.17. The molecule has 0 bridgehead atoms. The third-order valence-corrected chi connectivity index (χ3v) is 5.44. The Balaban J connectivity index is 0.00000312. The Hall–Kier alpha value is -0.810. The molecule has 0 aromatic heterocycles. The lowest BCUT2D eigenvalue weighted by molar-refractivity contribution is -0.128. The summed E-state index contributed by atoms with van der Waals surface area (Å²) in [7, 11) is 4.11. The first-order chi connectivity index (χ1) is 11.3. The van der Waals surface area contributed by atoms with Gasteiger partial charge in [0, 0.05) is 12.1 Å². The average Bonchev–Trinajstić information content (AvgIpc) is 2.54. The zero-order valence-corrected chi connectivity index (χ0v) is 18.1. The van der Waals surface area contributed by atoms with Crippen LogP contribution in [-0.2, 0) is 11.2 Å². The van der Waals surface area contributed by atoms with E-state index in [0.29, 0.717) is 6.54 Å². The molecule has 0 saturated heterocycles. The van der Waals surface area contributed by atoms with E-state index in [4.69, 9.17) is 5.73 Å². The summed E-state index contributed by atoms with van der Waals surface area (Å²) in [5.41, 5.74) is 8.55. The normalized spacial score (nSPS) is 23.5. The maximum atomic E-state index is 12.7. The largest absolute Gasteiger partial charge is 0.354 e. The van der Waals surface area contributed by atoms with Crippen LogP contribution in [0.2, 0.25) is 0 Å². The van der Waals surface area contributed by atoms with Gasteiger partial charge in [-0.2, -0.15) is 0 Å². The van der Waals surface area contributed by atoms with Crippen LogP contribution in [0.3, 0.4) is 0 Å². The van der Waals surface area contributed by atoms with Crippen LogP contribution in [0.1, 0.15) is 56.7 Å². The van der Waals surface area contributed by atoms with Gasteiger partial charge in [-0.05, 0) is 51.4 Å². The van der Waals surface area contributed by atoms with Crippen molar-refractivity contribution in [3.8, 4) is 0 Å². The first-order valence-electron chi connectivity index (χ1n) is 9.17. The lowest BCUT2D eigenvalue weighted by Crippen LogP contribution is -2.53. The van der Waals surface area contributed by atoms with E-state index in [1.165, 1.54) is 11.1 Å². The summed E-state index contributed by atoms with van der Waals surface area (Å²) >= 11 is 0. The Labute approximate surface area is 171 Å². The molecule has 1 saturated carbocycles. The van der Waals surface area contributed by atoms with Crippen molar-refractivity contribution in [3.63, 3.8) is 0 Å². The van der Waals surface area contributed by atoms with Crippen LogP contribution in [0, 0.1) is 5.92 Å². The summed E-state index contributed by atoms with van der Waals surface area (Å²) in [6.45, 7) is 4.79. The highest BCUT2D eigenvalue weighted by Crippen LogP contribution is 2.31. The van der Waals surface area contributed by atoms with Gasteiger partial charge < -0.3 is 16.0 Å². The van der Waals surface area contributed by atoms with Crippen molar-refractivity contribution >= 4 is 30.7 Å². The molecule has 0 radical (unpaired) electrons. The Morgan fingerprint density at radius 1 is 1.27 bits per heavy atom. The Kier molecular flexibility index (Phi) is 10.8. The topological polar surface area (TPSA) is 58.4 Å². The standard InChI is InChI=1S/C20H33N3O.2ClH/c1-5-15-9-11-16(12-10-15)18(23(3)4)14-22-19(24)17-8-6-7-13-20(17,2)21;;/h9-12,17-18H,5-8,13-14,21H2,1-4H3,(H,22,24);2*1H. The summed E-state index contributed by atoms with van der Waals surface area (Å²) in [6, 6.07) is 8.86. The van der Waals surface area contributed by atoms with E-state index in [1.54, 1.807) is 0 Å².